The lowest BCUT2D eigenvalue weighted by atomic mass is 10.0. The lowest BCUT2D eigenvalue weighted by Crippen LogP contribution is -2.28. The molecule has 1 rings (SSSR count). The normalized spacial score (nSPS) is 10.0. The van der Waals surface area contributed by atoms with Gasteiger partial charge < -0.3 is 11.1 Å². The fraction of sp³-hybridized carbons (Fsp3) is 0.500. The van der Waals surface area contributed by atoms with Gasteiger partial charge in [0, 0.05) is 12.1 Å². The number of carbonyl (C=O) groups is 1. The Labute approximate surface area is 113 Å². The van der Waals surface area contributed by atoms with E-state index in [2.05, 4.69) is 31.0 Å². The van der Waals surface area contributed by atoms with Crippen LogP contribution in [0.15, 0.2) is 11.4 Å². The average Bonchev–Trinajstić information content (AvgIpc) is 2.85. The number of hydrogen-bond acceptors (Lipinski definition) is 3. The Kier molecular flexibility index (Phi) is 6.48. The van der Waals surface area contributed by atoms with Crippen LogP contribution in [0.3, 0.4) is 0 Å². The summed E-state index contributed by atoms with van der Waals surface area (Å²) in [6.07, 6.45) is 2.17. The van der Waals surface area contributed by atoms with E-state index in [0.717, 1.165) is 24.9 Å². The van der Waals surface area contributed by atoms with Gasteiger partial charge in [0.05, 0.1) is 6.54 Å². The summed E-state index contributed by atoms with van der Waals surface area (Å²) in [5, 5.41) is 4.86. The number of thiophene rings is 1. The highest BCUT2D eigenvalue weighted by Crippen LogP contribution is 2.16. The van der Waals surface area contributed by atoms with E-state index in [4.69, 9.17) is 5.73 Å². The molecule has 0 unspecified atom stereocenters. The zero-order valence-corrected chi connectivity index (χ0v) is 11.8. The third kappa shape index (κ3) is 4.17. The standard InChI is InChI=1S/C14H20N2OS/c1-3-11(4-2)10-16-14(17)13-12(6-5-8-15)7-9-18-13/h7,9,11H,3-4,8,10,15H2,1-2H3,(H,16,17). The Morgan fingerprint density at radius 3 is 2.83 bits per heavy atom. The summed E-state index contributed by atoms with van der Waals surface area (Å²) in [6.45, 7) is 5.32. The second kappa shape index (κ2) is 7.91. The molecule has 0 aliphatic carbocycles. The van der Waals surface area contributed by atoms with Gasteiger partial charge in [0.1, 0.15) is 4.88 Å². The van der Waals surface area contributed by atoms with Gasteiger partial charge in [-0.2, -0.15) is 0 Å². The summed E-state index contributed by atoms with van der Waals surface area (Å²) >= 11 is 1.42. The van der Waals surface area contributed by atoms with Crippen LogP contribution in [0.25, 0.3) is 0 Å². The van der Waals surface area contributed by atoms with Gasteiger partial charge in [-0.3, -0.25) is 4.79 Å². The molecule has 18 heavy (non-hydrogen) atoms. The highest BCUT2D eigenvalue weighted by Gasteiger charge is 2.13. The minimum atomic E-state index is -0.0294. The summed E-state index contributed by atoms with van der Waals surface area (Å²) in [5.74, 6) is 6.22. The van der Waals surface area contributed by atoms with Crippen molar-refractivity contribution in [2.45, 2.75) is 26.7 Å². The molecule has 0 aliphatic rings. The molecule has 1 heterocycles. The lowest BCUT2D eigenvalue weighted by molar-refractivity contribution is 0.0950. The first kappa shape index (κ1) is 14.7. The summed E-state index contributed by atoms with van der Waals surface area (Å²) in [6, 6.07) is 1.86. The van der Waals surface area contributed by atoms with Crippen molar-refractivity contribution in [2.24, 2.45) is 11.7 Å². The van der Waals surface area contributed by atoms with Crippen molar-refractivity contribution in [2.75, 3.05) is 13.1 Å². The van der Waals surface area contributed by atoms with E-state index < -0.39 is 0 Å². The molecule has 4 heteroatoms. The van der Waals surface area contributed by atoms with E-state index in [9.17, 15) is 4.79 Å². The van der Waals surface area contributed by atoms with Crippen LogP contribution in [-0.4, -0.2) is 19.0 Å². The Morgan fingerprint density at radius 1 is 1.50 bits per heavy atom. The average molecular weight is 264 g/mol. The molecule has 0 saturated heterocycles. The first-order valence-corrected chi connectivity index (χ1v) is 7.15. The SMILES string of the molecule is CCC(CC)CNC(=O)c1sccc1C#CCN. The maximum atomic E-state index is 12.0. The lowest BCUT2D eigenvalue weighted by Gasteiger charge is -2.12. The maximum Gasteiger partial charge on any atom is 0.262 e. The molecule has 0 atom stereocenters. The van der Waals surface area contributed by atoms with Gasteiger partial charge in [-0.05, 0) is 17.4 Å². The molecule has 98 valence electrons. The van der Waals surface area contributed by atoms with Crippen molar-refractivity contribution in [1.29, 1.82) is 0 Å². The van der Waals surface area contributed by atoms with Crippen LogP contribution in [-0.2, 0) is 0 Å². The first-order valence-electron chi connectivity index (χ1n) is 6.27. The molecule has 0 fully saturated rings. The molecule has 0 aliphatic heterocycles. The second-order valence-corrected chi connectivity index (χ2v) is 4.98. The van der Waals surface area contributed by atoms with Gasteiger partial charge in [-0.1, -0.05) is 38.5 Å². The molecule has 3 nitrogen and oxygen atoms in total. The molecule has 1 amide bonds. The summed E-state index contributed by atoms with van der Waals surface area (Å²) in [4.78, 5) is 12.7. The van der Waals surface area contributed by atoms with E-state index in [-0.39, 0.29) is 5.91 Å². The molecule has 0 radical (unpaired) electrons. The number of carbonyl (C=O) groups excluding carboxylic acids is 1. The van der Waals surface area contributed by atoms with Gasteiger partial charge >= 0.3 is 0 Å². The van der Waals surface area contributed by atoms with Gasteiger partial charge in [-0.15, -0.1) is 11.3 Å². The minimum absolute atomic E-state index is 0.0294. The highest BCUT2D eigenvalue weighted by atomic mass is 32.1. The van der Waals surface area contributed by atoms with Crippen LogP contribution in [0.2, 0.25) is 0 Å². The summed E-state index contributed by atoms with van der Waals surface area (Å²) < 4.78 is 0. The monoisotopic (exact) mass is 264 g/mol. The zero-order chi connectivity index (χ0) is 13.4. The van der Waals surface area contributed by atoms with Gasteiger partial charge in [0.15, 0.2) is 0 Å². The fourth-order valence-corrected chi connectivity index (χ4v) is 2.39. The molecule has 0 saturated carbocycles. The number of hydrogen-bond donors (Lipinski definition) is 2. The van der Waals surface area contributed by atoms with Crippen molar-refractivity contribution < 1.29 is 4.79 Å². The van der Waals surface area contributed by atoms with E-state index in [1.807, 2.05) is 11.4 Å². The molecule has 0 bridgehead atoms. The highest BCUT2D eigenvalue weighted by molar-refractivity contribution is 7.12. The largest absolute Gasteiger partial charge is 0.351 e. The first-order chi connectivity index (χ1) is 8.72. The van der Waals surface area contributed by atoms with Crippen molar-refractivity contribution >= 4 is 17.2 Å². The number of amides is 1. The van der Waals surface area contributed by atoms with E-state index in [1.54, 1.807) is 0 Å². The zero-order valence-electron chi connectivity index (χ0n) is 11.0. The summed E-state index contributed by atoms with van der Waals surface area (Å²) in [5.41, 5.74) is 6.11. The van der Waals surface area contributed by atoms with Crippen LogP contribution in [0.4, 0.5) is 0 Å². The second-order valence-electron chi connectivity index (χ2n) is 4.06. The van der Waals surface area contributed by atoms with Gasteiger partial charge in [0.25, 0.3) is 5.91 Å². The molecule has 0 aromatic carbocycles. The minimum Gasteiger partial charge on any atom is -0.351 e. The maximum absolute atomic E-state index is 12.0. The van der Waals surface area contributed by atoms with Crippen molar-refractivity contribution in [3.05, 3.63) is 21.9 Å². The van der Waals surface area contributed by atoms with Crippen LogP contribution in [0, 0.1) is 17.8 Å². The van der Waals surface area contributed by atoms with Gasteiger partial charge in [-0.25, -0.2) is 0 Å². The quantitative estimate of drug-likeness (QED) is 0.801. The third-order valence-corrected chi connectivity index (χ3v) is 3.82. The van der Waals surface area contributed by atoms with Crippen LogP contribution in [0.1, 0.15) is 41.9 Å². The van der Waals surface area contributed by atoms with Crippen molar-refractivity contribution in [3.63, 3.8) is 0 Å². The van der Waals surface area contributed by atoms with Crippen LogP contribution in [0.5, 0.6) is 0 Å². The predicted octanol–water partition coefficient (Wildman–Crippen LogP) is 2.22. The summed E-state index contributed by atoms with van der Waals surface area (Å²) in [7, 11) is 0. The van der Waals surface area contributed by atoms with E-state index >= 15 is 0 Å². The number of nitrogens with one attached hydrogen (secondary N) is 1. The topological polar surface area (TPSA) is 55.1 Å². The predicted molar refractivity (Wildman–Crippen MR) is 76.7 cm³/mol. The molecule has 3 N–H and O–H groups in total. The molecular weight excluding hydrogens is 244 g/mol. The van der Waals surface area contributed by atoms with E-state index in [0.29, 0.717) is 17.3 Å². The molecule has 1 aromatic rings. The Hall–Kier alpha value is -1.31. The fourth-order valence-electron chi connectivity index (χ4n) is 1.62. The molecular formula is C14H20N2OS. The molecule has 1 aromatic heterocycles. The number of rotatable bonds is 5. The van der Waals surface area contributed by atoms with Crippen molar-refractivity contribution in [3.8, 4) is 11.8 Å². The Bertz CT molecular complexity index is 438. The smallest absolute Gasteiger partial charge is 0.262 e. The van der Waals surface area contributed by atoms with Crippen molar-refractivity contribution in [1.82, 2.24) is 5.32 Å². The van der Waals surface area contributed by atoms with Crippen LogP contribution >= 0.6 is 11.3 Å². The third-order valence-electron chi connectivity index (χ3n) is 2.90. The van der Waals surface area contributed by atoms with Crippen LogP contribution < -0.4 is 11.1 Å². The Morgan fingerprint density at radius 2 is 2.22 bits per heavy atom. The van der Waals surface area contributed by atoms with E-state index in [1.165, 1.54) is 11.3 Å². The van der Waals surface area contributed by atoms with Gasteiger partial charge in [0.2, 0.25) is 0 Å². The number of nitrogens with two attached hydrogens (primary N) is 1. The molecule has 0 spiro atoms. The Balaban J connectivity index is 2.64.